The molecule has 0 aromatic carbocycles. The third-order valence-electron chi connectivity index (χ3n) is 4.32. The molecular formula is C13H23N3O2S. The molecule has 1 amide bonds. The number of carbonyl (C=O) groups is 1. The molecule has 4 N–H and O–H groups in total. The van der Waals surface area contributed by atoms with Crippen LogP contribution in [0.3, 0.4) is 0 Å². The second kappa shape index (κ2) is 6.03. The summed E-state index contributed by atoms with van der Waals surface area (Å²) in [4.78, 5) is 12.3. The van der Waals surface area contributed by atoms with Crippen LogP contribution < -0.4 is 11.1 Å². The van der Waals surface area contributed by atoms with E-state index in [-0.39, 0.29) is 11.7 Å². The van der Waals surface area contributed by atoms with Crippen LogP contribution in [0.1, 0.15) is 32.6 Å². The number of carbonyl (C=O) groups excluding carboxylic acids is 1. The van der Waals surface area contributed by atoms with Gasteiger partial charge in [0.2, 0.25) is 5.91 Å². The Morgan fingerprint density at radius 3 is 2.63 bits per heavy atom. The predicted octanol–water partition coefficient (Wildman–Crippen LogP) is 1.41. The van der Waals surface area contributed by atoms with Gasteiger partial charge in [0.1, 0.15) is 5.41 Å². The molecule has 1 aliphatic heterocycles. The first kappa shape index (κ1) is 14.5. The summed E-state index contributed by atoms with van der Waals surface area (Å²) in [5.74, 6) is 3.39. The molecule has 0 aromatic heterocycles. The number of rotatable bonds is 4. The Kier molecular flexibility index (Phi) is 4.60. The van der Waals surface area contributed by atoms with E-state index in [0.29, 0.717) is 31.2 Å². The third-order valence-corrected chi connectivity index (χ3v) is 5.37. The van der Waals surface area contributed by atoms with Crippen LogP contribution in [0.5, 0.6) is 0 Å². The number of hydrogen-bond donors (Lipinski definition) is 3. The molecule has 0 bridgehead atoms. The first-order valence-electron chi connectivity index (χ1n) is 6.92. The maximum absolute atomic E-state index is 12.3. The summed E-state index contributed by atoms with van der Waals surface area (Å²) >= 11 is 1.98. The number of thioether (sulfide) groups is 1. The number of nitrogens with zero attached hydrogens (tertiary/aromatic N) is 1. The standard InChI is InChI=1S/C13H23N3O2S/c1-9-6-13(7-9,11(14)16-18)12(17)15-8-10-2-4-19-5-3-10/h9-10,18H,2-8H2,1H3,(H2,14,16)(H,15,17). The minimum Gasteiger partial charge on any atom is -0.409 e. The highest BCUT2D eigenvalue weighted by atomic mass is 32.2. The highest BCUT2D eigenvalue weighted by Crippen LogP contribution is 2.45. The summed E-state index contributed by atoms with van der Waals surface area (Å²) in [5, 5.41) is 14.9. The summed E-state index contributed by atoms with van der Waals surface area (Å²) in [6, 6.07) is 0. The van der Waals surface area contributed by atoms with E-state index < -0.39 is 5.41 Å². The van der Waals surface area contributed by atoms with Crippen molar-refractivity contribution in [3.05, 3.63) is 0 Å². The molecule has 0 unspecified atom stereocenters. The Labute approximate surface area is 118 Å². The first-order chi connectivity index (χ1) is 9.08. The Bertz CT molecular complexity index is 361. The van der Waals surface area contributed by atoms with Gasteiger partial charge in [0.05, 0.1) is 0 Å². The molecule has 2 fully saturated rings. The molecule has 1 saturated heterocycles. The Balaban J connectivity index is 1.90. The van der Waals surface area contributed by atoms with Gasteiger partial charge < -0.3 is 16.3 Å². The lowest BCUT2D eigenvalue weighted by atomic mass is 9.61. The van der Waals surface area contributed by atoms with Gasteiger partial charge in [0.25, 0.3) is 0 Å². The van der Waals surface area contributed by atoms with Crippen LogP contribution in [0.15, 0.2) is 5.16 Å². The molecule has 1 aliphatic carbocycles. The molecule has 1 heterocycles. The van der Waals surface area contributed by atoms with Gasteiger partial charge in [-0.25, -0.2) is 0 Å². The quantitative estimate of drug-likeness (QED) is 0.315. The molecule has 6 heteroatoms. The lowest BCUT2D eigenvalue weighted by molar-refractivity contribution is -0.133. The average Bonchev–Trinajstić information content (AvgIpc) is 2.41. The fraction of sp³-hybridized carbons (Fsp3) is 0.846. The Morgan fingerprint density at radius 2 is 2.11 bits per heavy atom. The highest BCUT2D eigenvalue weighted by Gasteiger charge is 2.52. The summed E-state index contributed by atoms with van der Waals surface area (Å²) < 4.78 is 0. The van der Waals surface area contributed by atoms with Gasteiger partial charge in [-0.1, -0.05) is 12.1 Å². The van der Waals surface area contributed by atoms with Crippen molar-refractivity contribution in [3.8, 4) is 0 Å². The van der Waals surface area contributed by atoms with Crippen LogP contribution in [-0.4, -0.2) is 35.0 Å². The van der Waals surface area contributed by atoms with E-state index in [0.717, 1.165) is 12.8 Å². The van der Waals surface area contributed by atoms with E-state index in [9.17, 15) is 4.79 Å². The summed E-state index contributed by atoms with van der Waals surface area (Å²) in [6.07, 6.45) is 3.68. The smallest absolute Gasteiger partial charge is 0.233 e. The van der Waals surface area contributed by atoms with E-state index in [1.165, 1.54) is 11.5 Å². The summed E-state index contributed by atoms with van der Waals surface area (Å²) in [5.41, 5.74) is 4.95. The van der Waals surface area contributed by atoms with E-state index in [1.54, 1.807) is 0 Å². The lowest BCUT2D eigenvalue weighted by Crippen LogP contribution is -2.57. The van der Waals surface area contributed by atoms with Gasteiger partial charge in [0.15, 0.2) is 5.84 Å². The van der Waals surface area contributed by atoms with Crippen molar-refractivity contribution in [2.75, 3.05) is 18.1 Å². The maximum atomic E-state index is 12.3. The molecule has 0 aromatic rings. The highest BCUT2D eigenvalue weighted by molar-refractivity contribution is 7.99. The zero-order chi connectivity index (χ0) is 13.9. The molecule has 5 nitrogen and oxygen atoms in total. The van der Waals surface area contributed by atoms with E-state index >= 15 is 0 Å². The predicted molar refractivity (Wildman–Crippen MR) is 77.3 cm³/mol. The fourth-order valence-corrected chi connectivity index (χ4v) is 4.30. The van der Waals surface area contributed by atoms with Gasteiger partial charge in [0, 0.05) is 6.54 Å². The Morgan fingerprint density at radius 1 is 1.47 bits per heavy atom. The number of nitrogens with one attached hydrogen (secondary N) is 1. The van der Waals surface area contributed by atoms with Crippen LogP contribution in [0, 0.1) is 17.3 Å². The number of oxime groups is 1. The van der Waals surface area contributed by atoms with Crippen molar-refractivity contribution in [2.45, 2.75) is 32.6 Å². The minimum absolute atomic E-state index is 0.0577. The van der Waals surface area contributed by atoms with Crippen molar-refractivity contribution in [1.82, 2.24) is 5.32 Å². The second-order valence-electron chi connectivity index (χ2n) is 5.85. The number of amides is 1. The van der Waals surface area contributed by atoms with Gasteiger partial charge >= 0.3 is 0 Å². The molecule has 19 heavy (non-hydrogen) atoms. The molecular weight excluding hydrogens is 262 g/mol. The Hall–Kier alpha value is -0.910. The second-order valence-corrected chi connectivity index (χ2v) is 7.07. The molecule has 0 atom stereocenters. The minimum atomic E-state index is -0.766. The SMILES string of the molecule is CC1CC(C(=O)NCC2CCSCC2)(C(N)=NO)C1. The zero-order valence-electron chi connectivity index (χ0n) is 11.4. The van der Waals surface area contributed by atoms with Gasteiger partial charge in [-0.05, 0) is 49.0 Å². The van der Waals surface area contributed by atoms with Crippen molar-refractivity contribution in [1.29, 1.82) is 0 Å². The molecule has 2 aliphatic rings. The maximum Gasteiger partial charge on any atom is 0.233 e. The van der Waals surface area contributed by atoms with Crippen LogP contribution in [0.25, 0.3) is 0 Å². The van der Waals surface area contributed by atoms with Crippen molar-refractivity contribution in [3.63, 3.8) is 0 Å². The molecule has 108 valence electrons. The van der Waals surface area contributed by atoms with Gasteiger partial charge in [-0.2, -0.15) is 11.8 Å². The number of nitrogens with two attached hydrogens (primary N) is 1. The molecule has 0 spiro atoms. The molecule has 0 radical (unpaired) electrons. The van der Waals surface area contributed by atoms with Gasteiger partial charge in [-0.15, -0.1) is 0 Å². The molecule has 1 saturated carbocycles. The van der Waals surface area contributed by atoms with E-state index in [4.69, 9.17) is 10.9 Å². The van der Waals surface area contributed by atoms with Gasteiger partial charge in [-0.3, -0.25) is 4.79 Å². The van der Waals surface area contributed by atoms with Crippen LogP contribution in [0.2, 0.25) is 0 Å². The average molecular weight is 285 g/mol. The van der Waals surface area contributed by atoms with E-state index in [2.05, 4.69) is 17.4 Å². The van der Waals surface area contributed by atoms with Crippen molar-refractivity contribution >= 4 is 23.5 Å². The summed E-state index contributed by atoms with van der Waals surface area (Å²) in [6.45, 7) is 2.79. The van der Waals surface area contributed by atoms with Crippen LogP contribution in [0.4, 0.5) is 0 Å². The van der Waals surface area contributed by atoms with Crippen LogP contribution >= 0.6 is 11.8 Å². The first-order valence-corrected chi connectivity index (χ1v) is 8.08. The monoisotopic (exact) mass is 285 g/mol. The van der Waals surface area contributed by atoms with Crippen molar-refractivity contribution in [2.24, 2.45) is 28.1 Å². The van der Waals surface area contributed by atoms with E-state index in [1.807, 2.05) is 11.8 Å². The number of hydrogen-bond acceptors (Lipinski definition) is 4. The number of amidine groups is 1. The van der Waals surface area contributed by atoms with Crippen LogP contribution in [-0.2, 0) is 4.79 Å². The largest absolute Gasteiger partial charge is 0.409 e. The lowest BCUT2D eigenvalue weighted by Gasteiger charge is -2.43. The topological polar surface area (TPSA) is 87.7 Å². The zero-order valence-corrected chi connectivity index (χ0v) is 12.2. The molecule has 2 rings (SSSR count). The van der Waals surface area contributed by atoms with Crippen molar-refractivity contribution < 1.29 is 10.0 Å². The summed E-state index contributed by atoms with van der Waals surface area (Å²) in [7, 11) is 0. The normalized spacial score (nSPS) is 32.7. The fourth-order valence-electron chi connectivity index (χ4n) is 3.09. The third kappa shape index (κ3) is 2.99.